The van der Waals surface area contributed by atoms with Crippen LogP contribution in [-0.2, 0) is 16.6 Å². The fourth-order valence-electron chi connectivity index (χ4n) is 3.76. The van der Waals surface area contributed by atoms with Gasteiger partial charge in [0.2, 0.25) is 0 Å². The van der Waals surface area contributed by atoms with Gasteiger partial charge in [0.05, 0.1) is 15.1 Å². The van der Waals surface area contributed by atoms with Gasteiger partial charge in [0.25, 0.3) is 15.9 Å². The van der Waals surface area contributed by atoms with Gasteiger partial charge in [0.15, 0.2) is 16.3 Å². The Labute approximate surface area is 206 Å². The quantitative estimate of drug-likeness (QED) is 0.431. The highest BCUT2D eigenvalue weighted by Gasteiger charge is 2.17. The van der Waals surface area contributed by atoms with Crippen molar-refractivity contribution in [1.82, 2.24) is 4.57 Å². The van der Waals surface area contributed by atoms with Crippen LogP contribution < -0.4 is 19.0 Å². The van der Waals surface area contributed by atoms with Gasteiger partial charge in [-0.3, -0.25) is 9.52 Å². The van der Waals surface area contributed by atoms with E-state index in [2.05, 4.69) is 9.71 Å². The van der Waals surface area contributed by atoms with E-state index in [-0.39, 0.29) is 4.90 Å². The van der Waals surface area contributed by atoms with Crippen LogP contribution >= 0.6 is 11.3 Å². The summed E-state index contributed by atoms with van der Waals surface area (Å²) in [6, 6.07) is 16.6. The minimum Gasteiger partial charge on any atom is -0.486 e. The molecule has 2 heterocycles. The molecule has 0 bridgehead atoms. The molecular weight excluding hydrogens is 486 g/mol. The van der Waals surface area contributed by atoms with E-state index in [4.69, 9.17) is 9.47 Å². The summed E-state index contributed by atoms with van der Waals surface area (Å²) in [5, 5.41) is 0. The van der Waals surface area contributed by atoms with E-state index in [0.29, 0.717) is 47.3 Å². The Balaban J connectivity index is 1.41. The van der Waals surface area contributed by atoms with Crippen molar-refractivity contribution in [3.63, 3.8) is 0 Å². The van der Waals surface area contributed by atoms with Crippen molar-refractivity contribution in [2.24, 2.45) is 4.99 Å². The lowest BCUT2D eigenvalue weighted by Crippen LogP contribution is -2.17. The third kappa shape index (κ3) is 4.67. The zero-order chi connectivity index (χ0) is 24.6. The number of sulfonamides is 1. The zero-order valence-electron chi connectivity index (χ0n) is 19.1. The molecule has 0 fully saturated rings. The first-order chi connectivity index (χ1) is 16.8. The molecule has 0 spiro atoms. The van der Waals surface area contributed by atoms with Crippen LogP contribution in [0.5, 0.6) is 11.5 Å². The summed E-state index contributed by atoms with van der Waals surface area (Å²) >= 11 is 1.40. The Morgan fingerprint density at radius 3 is 2.34 bits per heavy atom. The fourth-order valence-corrected chi connectivity index (χ4v) is 5.92. The van der Waals surface area contributed by atoms with Gasteiger partial charge >= 0.3 is 0 Å². The van der Waals surface area contributed by atoms with Crippen molar-refractivity contribution >= 4 is 43.2 Å². The smallest absolute Gasteiger partial charge is 0.279 e. The van der Waals surface area contributed by atoms with Crippen LogP contribution in [0.1, 0.15) is 22.8 Å². The molecule has 0 unspecified atom stereocenters. The summed E-state index contributed by atoms with van der Waals surface area (Å²) in [5.74, 6) is 0.962. The Bertz CT molecular complexity index is 1590. The molecule has 1 aliphatic rings. The average molecular weight is 510 g/mol. The first-order valence-corrected chi connectivity index (χ1v) is 13.4. The van der Waals surface area contributed by atoms with E-state index in [1.807, 2.05) is 30.5 Å². The third-order valence-corrected chi connectivity index (χ3v) is 8.01. The second kappa shape index (κ2) is 9.20. The predicted octanol–water partition coefficient (Wildman–Crippen LogP) is 4.34. The molecule has 5 rings (SSSR count). The fraction of sp³-hybridized carbons (Fsp3) is 0.200. The monoisotopic (exact) mass is 509 g/mol. The number of aromatic nitrogens is 1. The van der Waals surface area contributed by atoms with Crippen LogP contribution in [0.4, 0.5) is 5.69 Å². The number of hydrogen-bond donors (Lipinski definition) is 1. The number of amides is 1. The van der Waals surface area contributed by atoms with Crippen molar-refractivity contribution in [1.29, 1.82) is 0 Å². The minimum atomic E-state index is -3.72. The summed E-state index contributed by atoms with van der Waals surface area (Å²) in [7, 11) is -3.72. The van der Waals surface area contributed by atoms with Crippen molar-refractivity contribution < 1.29 is 22.7 Å². The molecule has 4 aromatic rings. The van der Waals surface area contributed by atoms with E-state index in [9.17, 15) is 13.2 Å². The Kier molecular flexibility index (Phi) is 6.08. The van der Waals surface area contributed by atoms with Crippen molar-refractivity contribution in [3.8, 4) is 11.5 Å². The minimum absolute atomic E-state index is 0.171. The number of aryl methyl sites for hydroxylation is 2. The van der Waals surface area contributed by atoms with E-state index in [1.165, 1.54) is 11.3 Å². The lowest BCUT2D eigenvalue weighted by atomic mass is 10.2. The van der Waals surface area contributed by atoms with Crippen LogP contribution in [0.2, 0.25) is 0 Å². The number of hydrogen-bond acceptors (Lipinski definition) is 6. The van der Waals surface area contributed by atoms with E-state index in [1.54, 1.807) is 48.5 Å². The molecule has 1 aromatic heterocycles. The molecule has 8 nitrogen and oxygen atoms in total. The number of benzene rings is 3. The molecule has 180 valence electrons. The van der Waals surface area contributed by atoms with E-state index < -0.39 is 15.9 Å². The van der Waals surface area contributed by atoms with Gasteiger partial charge in [-0.1, -0.05) is 29.0 Å². The first kappa shape index (κ1) is 23.1. The summed E-state index contributed by atoms with van der Waals surface area (Å²) < 4.78 is 42.0. The summed E-state index contributed by atoms with van der Waals surface area (Å²) in [4.78, 5) is 18.0. The largest absolute Gasteiger partial charge is 0.486 e. The Hall–Kier alpha value is -3.63. The summed E-state index contributed by atoms with van der Waals surface area (Å²) in [6.07, 6.45) is 0. The molecule has 0 aliphatic carbocycles. The normalized spacial score (nSPS) is 13.7. The van der Waals surface area contributed by atoms with Crippen LogP contribution in [0.3, 0.4) is 0 Å². The molecule has 3 aromatic carbocycles. The number of rotatable bonds is 5. The number of carbonyl (C=O) groups is 1. The van der Waals surface area contributed by atoms with Crippen LogP contribution in [0.25, 0.3) is 10.2 Å². The lowest BCUT2D eigenvalue weighted by molar-refractivity contribution is 0.0998. The van der Waals surface area contributed by atoms with E-state index >= 15 is 0 Å². The highest BCUT2D eigenvalue weighted by atomic mass is 32.2. The van der Waals surface area contributed by atoms with Gasteiger partial charge in [0, 0.05) is 29.9 Å². The van der Waals surface area contributed by atoms with Crippen molar-refractivity contribution in [3.05, 3.63) is 76.6 Å². The van der Waals surface area contributed by atoms with Crippen LogP contribution in [-0.4, -0.2) is 32.1 Å². The maximum absolute atomic E-state index is 12.9. The molecule has 1 N–H and O–H groups in total. The van der Waals surface area contributed by atoms with Crippen LogP contribution in [0.15, 0.2) is 70.6 Å². The number of nitrogens with zero attached hydrogens (tertiary/aromatic N) is 2. The summed E-state index contributed by atoms with van der Waals surface area (Å²) in [5.41, 5.74) is 2.61. The number of anilines is 1. The highest BCUT2D eigenvalue weighted by Crippen LogP contribution is 2.35. The van der Waals surface area contributed by atoms with Crippen LogP contribution in [0, 0.1) is 6.92 Å². The number of ether oxygens (including phenoxy) is 2. The van der Waals surface area contributed by atoms with Gasteiger partial charge < -0.3 is 14.0 Å². The number of nitrogens with one attached hydrogen (secondary N) is 1. The molecular formula is C25H23N3O5S2. The van der Waals surface area contributed by atoms with Gasteiger partial charge in [-0.15, -0.1) is 0 Å². The second-order valence-electron chi connectivity index (χ2n) is 8.01. The van der Waals surface area contributed by atoms with Gasteiger partial charge in [0.1, 0.15) is 13.2 Å². The number of fused-ring (bicyclic) bond motifs is 2. The van der Waals surface area contributed by atoms with Gasteiger partial charge in [-0.2, -0.15) is 4.99 Å². The SMILES string of the molecule is CCn1c(=NC(=O)c2ccc(NS(=O)(=O)c3ccc(C)cc3)cc2)sc2cc3c(cc21)OCCO3. The second-order valence-corrected chi connectivity index (χ2v) is 10.7. The van der Waals surface area contributed by atoms with Crippen molar-refractivity contribution in [2.75, 3.05) is 17.9 Å². The van der Waals surface area contributed by atoms with E-state index in [0.717, 1.165) is 15.8 Å². The molecule has 0 atom stereocenters. The third-order valence-electron chi connectivity index (χ3n) is 5.58. The zero-order valence-corrected chi connectivity index (χ0v) is 20.8. The molecule has 10 heteroatoms. The molecule has 0 saturated carbocycles. The molecule has 1 aliphatic heterocycles. The predicted molar refractivity (Wildman–Crippen MR) is 135 cm³/mol. The van der Waals surface area contributed by atoms with Crippen molar-refractivity contribution in [2.45, 2.75) is 25.3 Å². The standard InChI is InChI=1S/C25H23N3O5S2/c1-3-28-20-14-21-22(33-13-12-32-21)15-23(20)34-25(28)26-24(29)17-6-8-18(9-7-17)27-35(30,31)19-10-4-16(2)5-11-19/h4-11,14-15,27H,3,12-13H2,1-2H3. The first-order valence-electron chi connectivity index (χ1n) is 11.1. The summed E-state index contributed by atoms with van der Waals surface area (Å²) in [6.45, 7) is 5.51. The Morgan fingerprint density at radius 2 is 1.69 bits per heavy atom. The highest BCUT2D eigenvalue weighted by molar-refractivity contribution is 7.92. The molecule has 35 heavy (non-hydrogen) atoms. The molecule has 0 radical (unpaired) electrons. The topological polar surface area (TPSA) is 99.0 Å². The Morgan fingerprint density at radius 1 is 1.03 bits per heavy atom. The average Bonchev–Trinajstić information content (AvgIpc) is 3.18. The maximum Gasteiger partial charge on any atom is 0.279 e. The molecule has 0 saturated heterocycles. The van der Waals surface area contributed by atoms with Gasteiger partial charge in [-0.05, 0) is 50.2 Å². The lowest BCUT2D eigenvalue weighted by Gasteiger charge is -2.18. The maximum atomic E-state index is 12.9. The number of carbonyl (C=O) groups excluding carboxylic acids is 1. The molecule has 1 amide bonds. The van der Waals surface area contributed by atoms with Gasteiger partial charge in [-0.25, -0.2) is 8.42 Å². The number of thiazole rings is 1.